The SMILES string of the molecule is CCOC(=O)CCCCCCC1C(C(=O)OCc2ccccc2)CC(=O)C1C(=O)OC. The summed E-state index contributed by atoms with van der Waals surface area (Å²) in [4.78, 5) is 48.8. The number of methoxy groups -OCH3 is 1. The van der Waals surface area contributed by atoms with Crippen LogP contribution in [-0.2, 0) is 40.0 Å². The summed E-state index contributed by atoms with van der Waals surface area (Å²) in [6, 6.07) is 9.32. The van der Waals surface area contributed by atoms with Gasteiger partial charge in [0.1, 0.15) is 18.3 Å². The Morgan fingerprint density at radius 1 is 0.968 bits per heavy atom. The molecule has 1 aromatic rings. The minimum Gasteiger partial charge on any atom is -0.468 e. The predicted molar refractivity (Wildman–Crippen MR) is 113 cm³/mol. The van der Waals surface area contributed by atoms with Gasteiger partial charge in [0.15, 0.2) is 0 Å². The highest BCUT2D eigenvalue weighted by Crippen LogP contribution is 2.39. The van der Waals surface area contributed by atoms with Gasteiger partial charge in [-0.2, -0.15) is 0 Å². The van der Waals surface area contributed by atoms with E-state index >= 15 is 0 Å². The molecule has 3 unspecified atom stereocenters. The zero-order valence-electron chi connectivity index (χ0n) is 18.3. The van der Waals surface area contributed by atoms with Crippen molar-refractivity contribution in [3.05, 3.63) is 35.9 Å². The summed E-state index contributed by atoms with van der Waals surface area (Å²) in [5.41, 5.74) is 0.864. The van der Waals surface area contributed by atoms with Gasteiger partial charge < -0.3 is 14.2 Å². The van der Waals surface area contributed by atoms with Crippen LogP contribution in [-0.4, -0.2) is 37.4 Å². The number of benzene rings is 1. The highest BCUT2D eigenvalue weighted by molar-refractivity contribution is 6.03. The van der Waals surface area contributed by atoms with Crippen LogP contribution in [0.3, 0.4) is 0 Å². The van der Waals surface area contributed by atoms with Crippen molar-refractivity contribution in [2.45, 2.75) is 58.5 Å². The monoisotopic (exact) mass is 432 g/mol. The summed E-state index contributed by atoms with van der Waals surface area (Å²) >= 11 is 0. The second-order valence-electron chi connectivity index (χ2n) is 7.79. The molecule has 0 heterocycles. The summed E-state index contributed by atoms with van der Waals surface area (Å²) in [5.74, 6) is -3.48. The van der Waals surface area contributed by atoms with Crippen LogP contribution < -0.4 is 0 Å². The Kier molecular flexibility index (Phi) is 10.2. The average Bonchev–Trinajstić information content (AvgIpc) is 3.10. The third-order valence-corrected chi connectivity index (χ3v) is 5.67. The lowest BCUT2D eigenvalue weighted by molar-refractivity contribution is -0.153. The number of rotatable bonds is 12. The molecule has 1 fully saturated rings. The van der Waals surface area contributed by atoms with E-state index < -0.39 is 29.7 Å². The Labute approximate surface area is 183 Å². The van der Waals surface area contributed by atoms with Gasteiger partial charge >= 0.3 is 17.9 Å². The van der Waals surface area contributed by atoms with E-state index in [4.69, 9.17) is 14.2 Å². The number of Topliss-reactive ketones (excluding diaryl/α,β-unsaturated/α-hetero) is 1. The second kappa shape index (κ2) is 12.9. The Balaban J connectivity index is 1.90. The smallest absolute Gasteiger partial charge is 0.316 e. The minimum atomic E-state index is -0.918. The van der Waals surface area contributed by atoms with E-state index in [9.17, 15) is 19.2 Å². The van der Waals surface area contributed by atoms with E-state index in [1.165, 1.54) is 7.11 Å². The molecule has 2 rings (SSSR count). The zero-order valence-corrected chi connectivity index (χ0v) is 18.3. The van der Waals surface area contributed by atoms with Crippen molar-refractivity contribution in [3.8, 4) is 0 Å². The summed E-state index contributed by atoms with van der Waals surface area (Å²) in [6.07, 6.45) is 4.09. The number of ketones is 1. The number of unbranched alkanes of at least 4 members (excludes halogenated alkanes) is 3. The van der Waals surface area contributed by atoms with E-state index in [1.807, 2.05) is 30.3 Å². The van der Waals surface area contributed by atoms with Crippen molar-refractivity contribution in [2.75, 3.05) is 13.7 Å². The van der Waals surface area contributed by atoms with Crippen molar-refractivity contribution in [2.24, 2.45) is 17.8 Å². The molecule has 3 atom stereocenters. The maximum Gasteiger partial charge on any atom is 0.316 e. The van der Waals surface area contributed by atoms with Crippen LogP contribution in [0.4, 0.5) is 0 Å². The number of esters is 3. The molecule has 0 saturated heterocycles. The van der Waals surface area contributed by atoms with Gasteiger partial charge in [0.05, 0.1) is 19.6 Å². The first-order valence-corrected chi connectivity index (χ1v) is 10.9. The molecule has 1 aliphatic carbocycles. The predicted octanol–water partition coefficient (Wildman–Crippen LogP) is 3.63. The standard InChI is InChI=1S/C24H32O7/c1-3-30-21(26)14-10-5-4-9-13-18-19(15-20(25)22(18)24(28)29-2)23(27)31-16-17-11-7-6-8-12-17/h6-8,11-12,18-19,22H,3-5,9-10,13-16H2,1-2H3. The Hall–Kier alpha value is -2.70. The third kappa shape index (κ3) is 7.49. The van der Waals surface area contributed by atoms with Gasteiger partial charge in [-0.25, -0.2) is 0 Å². The fourth-order valence-electron chi connectivity index (χ4n) is 4.10. The number of hydrogen-bond acceptors (Lipinski definition) is 7. The number of hydrogen-bond donors (Lipinski definition) is 0. The maximum absolute atomic E-state index is 12.7. The van der Waals surface area contributed by atoms with E-state index in [0.717, 1.165) is 31.2 Å². The van der Waals surface area contributed by atoms with Crippen LogP contribution in [0, 0.1) is 17.8 Å². The Bertz CT molecular complexity index is 744. The highest BCUT2D eigenvalue weighted by atomic mass is 16.5. The third-order valence-electron chi connectivity index (χ3n) is 5.67. The van der Waals surface area contributed by atoms with Gasteiger partial charge in [-0.3, -0.25) is 19.2 Å². The molecular weight excluding hydrogens is 400 g/mol. The molecule has 7 heteroatoms. The van der Waals surface area contributed by atoms with Crippen LogP contribution in [0.25, 0.3) is 0 Å². The van der Waals surface area contributed by atoms with Gasteiger partial charge in [0.2, 0.25) is 0 Å². The van der Waals surface area contributed by atoms with Crippen molar-refractivity contribution in [3.63, 3.8) is 0 Å². The van der Waals surface area contributed by atoms with Crippen LogP contribution in [0.1, 0.15) is 57.4 Å². The highest BCUT2D eigenvalue weighted by Gasteiger charge is 2.50. The second-order valence-corrected chi connectivity index (χ2v) is 7.79. The molecule has 0 radical (unpaired) electrons. The topological polar surface area (TPSA) is 96.0 Å². The fourth-order valence-corrected chi connectivity index (χ4v) is 4.10. The van der Waals surface area contributed by atoms with Gasteiger partial charge in [-0.05, 0) is 31.2 Å². The number of carbonyl (C=O) groups is 4. The molecule has 0 spiro atoms. The van der Waals surface area contributed by atoms with E-state index in [2.05, 4.69) is 0 Å². The summed E-state index contributed by atoms with van der Waals surface area (Å²) in [7, 11) is 1.25. The molecule has 0 aliphatic heterocycles. The molecular formula is C24H32O7. The molecule has 31 heavy (non-hydrogen) atoms. The summed E-state index contributed by atoms with van der Waals surface area (Å²) in [6.45, 7) is 2.29. The first-order valence-electron chi connectivity index (χ1n) is 10.9. The molecule has 1 saturated carbocycles. The summed E-state index contributed by atoms with van der Waals surface area (Å²) < 4.78 is 15.2. The largest absolute Gasteiger partial charge is 0.468 e. The first kappa shape index (κ1) is 24.6. The Morgan fingerprint density at radius 2 is 1.68 bits per heavy atom. The Morgan fingerprint density at radius 3 is 2.35 bits per heavy atom. The molecule has 7 nitrogen and oxygen atoms in total. The van der Waals surface area contributed by atoms with Gasteiger partial charge in [0.25, 0.3) is 0 Å². The van der Waals surface area contributed by atoms with E-state index in [0.29, 0.717) is 19.4 Å². The van der Waals surface area contributed by atoms with Crippen LogP contribution in [0.15, 0.2) is 30.3 Å². The molecule has 0 amide bonds. The zero-order chi connectivity index (χ0) is 22.6. The molecule has 0 bridgehead atoms. The normalized spacial score (nSPS) is 20.3. The molecule has 170 valence electrons. The van der Waals surface area contributed by atoms with Gasteiger partial charge in [-0.1, -0.05) is 49.6 Å². The van der Waals surface area contributed by atoms with Crippen LogP contribution >= 0.6 is 0 Å². The van der Waals surface area contributed by atoms with Crippen molar-refractivity contribution < 1.29 is 33.4 Å². The molecule has 0 aromatic heterocycles. The lowest BCUT2D eigenvalue weighted by Crippen LogP contribution is -2.30. The lowest BCUT2D eigenvalue weighted by Gasteiger charge is -2.21. The summed E-state index contributed by atoms with van der Waals surface area (Å²) in [5, 5.41) is 0. The minimum absolute atomic E-state index is 0.000908. The van der Waals surface area contributed by atoms with Crippen molar-refractivity contribution in [1.82, 2.24) is 0 Å². The maximum atomic E-state index is 12.7. The fraction of sp³-hybridized carbons (Fsp3) is 0.583. The quantitative estimate of drug-likeness (QED) is 0.215. The van der Waals surface area contributed by atoms with Crippen LogP contribution in [0.5, 0.6) is 0 Å². The van der Waals surface area contributed by atoms with Crippen molar-refractivity contribution >= 4 is 23.7 Å². The van der Waals surface area contributed by atoms with Gasteiger partial charge in [0, 0.05) is 12.8 Å². The van der Waals surface area contributed by atoms with Crippen molar-refractivity contribution in [1.29, 1.82) is 0 Å². The first-order chi connectivity index (χ1) is 15.0. The van der Waals surface area contributed by atoms with E-state index in [1.54, 1.807) is 6.92 Å². The number of carbonyl (C=O) groups excluding carboxylic acids is 4. The average molecular weight is 433 g/mol. The van der Waals surface area contributed by atoms with Gasteiger partial charge in [-0.15, -0.1) is 0 Å². The van der Waals surface area contributed by atoms with E-state index in [-0.39, 0.29) is 24.8 Å². The number of ether oxygens (including phenoxy) is 3. The lowest BCUT2D eigenvalue weighted by atomic mass is 9.84. The molecule has 1 aromatic carbocycles. The molecule has 0 N–H and O–H groups in total. The molecule has 1 aliphatic rings. The van der Waals surface area contributed by atoms with Crippen LogP contribution in [0.2, 0.25) is 0 Å².